The first-order chi connectivity index (χ1) is 5.33. The molecule has 0 saturated heterocycles. The highest BCUT2D eigenvalue weighted by atomic mass is 15.2. The number of nitrogens with zero attached hydrogens (tertiary/aromatic N) is 3. The monoisotopic (exact) mass is 168 g/mol. The summed E-state index contributed by atoms with van der Waals surface area (Å²) in [5.74, 6) is 0. The first-order valence-electron chi connectivity index (χ1n) is 3.88. The van der Waals surface area contributed by atoms with Gasteiger partial charge in [0.25, 0.3) is 0 Å². The van der Waals surface area contributed by atoms with E-state index in [9.17, 15) is 0 Å². The van der Waals surface area contributed by atoms with Gasteiger partial charge < -0.3 is 5.73 Å². The van der Waals surface area contributed by atoms with Crippen molar-refractivity contribution >= 4 is 0 Å². The Hall–Kier alpha value is -0.950. The van der Waals surface area contributed by atoms with Gasteiger partial charge in [-0.25, -0.2) is 0 Å². The van der Waals surface area contributed by atoms with Crippen molar-refractivity contribution in [3.05, 3.63) is 0 Å². The lowest BCUT2D eigenvalue weighted by Gasteiger charge is -2.16. The van der Waals surface area contributed by atoms with Crippen LogP contribution in [0.2, 0.25) is 0 Å². The molecule has 0 rings (SSSR count). The highest BCUT2D eigenvalue weighted by Crippen LogP contribution is 2.13. The quantitative estimate of drug-likeness (QED) is 0.648. The molecule has 12 heavy (non-hydrogen) atoms. The number of rotatable bonds is 3. The van der Waals surface area contributed by atoms with Gasteiger partial charge in [0.05, 0.1) is 11.6 Å². The lowest BCUT2D eigenvalue weighted by Crippen LogP contribution is -2.29. The maximum Gasteiger partial charge on any atom is 0.161 e. The van der Waals surface area contributed by atoms with Crippen LogP contribution in [-0.2, 0) is 0 Å². The van der Waals surface area contributed by atoms with E-state index >= 15 is 0 Å². The Bertz CT molecular complexity index is 210. The van der Waals surface area contributed by atoms with Crippen molar-refractivity contribution in [2.75, 3.05) is 6.54 Å². The molecule has 0 unspecified atom stereocenters. The van der Waals surface area contributed by atoms with Crippen LogP contribution in [-0.4, -0.2) is 17.6 Å². The molecule has 0 aromatic rings. The number of hydrogen-bond acceptors (Lipinski definition) is 4. The van der Waals surface area contributed by atoms with Gasteiger partial charge in [-0.1, -0.05) is 0 Å². The lowest BCUT2D eigenvalue weighted by atomic mass is 10.1. The molecular weight excluding hydrogens is 152 g/mol. The van der Waals surface area contributed by atoms with Crippen LogP contribution in [0.5, 0.6) is 0 Å². The Morgan fingerprint density at radius 1 is 1.25 bits per heavy atom. The summed E-state index contributed by atoms with van der Waals surface area (Å²) in [6.07, 6.45) is 0. The fourth-order valence-electron chi connectivity index (χ4n) is 0.324. The zero-order chi connectivity index (χ0) is 9.83. The second-order valence-corrected chi connectivity index (χ2v) is 3.89. The Kier molecular flexibility index (Phi) is 3.35. The predicted octanol–water partition coefficient (Wildman–Crippen LogP) is 1.48. The highest BCUT2D eigenvalue weighted by Gasteiger charge is 2.18. The van der Waals surface area contributed by atoms with Gasteiger partial charge in [0, 0.05) is 6.54 Å². The van der Waals surface area contributed by atoms with E-state index in [0.717, 1.165) is 0 Å². The number of hydrogen-bond donors (Lipinski definition) is 1. The minimum absolute atomic E-state index is 0.367. The average molecular weight is 168 g/mol. The number of azo groups is 1. The Labute approximate surface area is 73.5 Å². The third-order valence-electron chi connectivity index (χ3n) is 1.34. The topological polar surface area (TPSA) is 74.5 Å². The van der Waals surface area contributed by atoms with Gasteiger partial charge in [-0.2, -0.15) is 15.5 Å². The van der Waals surface area contributed by atoms with Crippen LogP contribution < -0.4 is 5.73 Å². The van der Waals surface area contributed by atoms with E-state index in [-0.39, 0.29) is 5.54 Å². The maximum absolute atomic E-state index is 8.63. The maximum atomic E-state index is 8.63. The molecule has 0 radical (unpaired) electrons. The molecule has 0 heterocycles. The van der Waals surface area contributed by atoms with Crippen molar-refractivity contribution in [3.8, 4) is 6.07 Å². The largest absolute Gasteiger partial charge is 0.328 e. The predicted molar refractivity (Wildman–Crippen MR) is 47.7 cm³/mol. The summed E-state index contributed by atoms with van der Waals surface area (Å²) >= 11 is 0. The van der Waals surface area contributed by atoms with Crippen molar-refractivity contribution in [2.45, 2.75) is 38.8 Å². The highest BCUT2D eigenvalue weighted by molar-refractivity contribution is 4.99. The molecule has 0 fully saturated rings. The molecule has 0 atom stereocenters. The fourth-order valence-corrected chi connectivity index (χ4v) is 0.324. The van der Waals surface area contributed by atoms with Gasteiger partial charge in [-0.3, -0.25) is 0 Å². The first-order valence-corrected chi connectivity index (χ1v) is 3.88. The summed E-state index contributed by atoms with van der Waals surface area (Å²) in [5, 5.41) is 16.5. The molecule has 0 bridgehead atoms. The minimum atomic E-state index is -0.744. The SMILES string of the molecule is CC(C)(C#N)N=NC(C)(C)CN. The first kappa shape index (κ1) is 11.1. The smallest absolute Gasteiger partial charge is 0.161 e. The zero-order valence-corrected chi connectivity index (χ0v) is 8.13. The fraction of sp³-hybridized carbons (Fsp3) is 0.875. The van der Waals surface area contributed by atoms with E-state index in [1.807, 2.05) is 19.9 Å². The molecule has 0 spiro atoms. The second-order valence-electron chi connectivity index (χ2n) is 3.89. The van der Waals surface area contributed by atoms with E-state index in [1.54, 1.807) is 13.8 Å². The van der Waals surface area contributed by atoms with Crippen molar-refractivity contribution < 1.29 is 0 Å². The summed E-state index contributed by atoms with van der Waals surface area (Å²) in [5.41, 5.74) is 4.33. The van der Waals surface area contributed by atoms with Crippen LogP contribution in [0, 0.1) is 11.3 Å². The van der Waals surface area contributed by atoms with Crippen LogP contribution in [0.15, 0.2) is 10.2 Å². The summed E-state index contributed by atoms with van der Waals surface area (Å²) < 4.78 is 0. The summed E-state index contributed by atoms with van der Waals surface area (Å²) in [4.78, 5) is 0. The molecule has 4 nitrogen and oxygen atoms in total. The third-order valence-corrected chi connectivity index (χ3v) is 1.34. The second kappa shape index (κ2) is 3.63. The molecular formula is C8H16N4. The Balaban J connectivity index is 4.36. The van der Waals surface area contributed by atoms with Crippen LogP contribution in [0.1, 0.15) is 27.7 Å². The average Bonchev–Trinajstić information content (AvgIpc) is 2.02. The van der Waals surface area contributed by atoms with Gasteiger partial charge in [0.2, 0.25) is 0 Å². The molecule has 0 aliphatic carbocycles. The zero-order valence-electron chi connectivity index (χ0n) is 8.13. The molecule has 2 N–H and O–H groups in total. The van der Waals surface area contributed by atoms with Crippen molar-refractivity contribution in [3.63, 3.8) is 0 Å². The number of nitriles is 1. The van der Waals surface area contributed by atoms with Gasteiger partial charge >= 0.3 is 0 Å². The molecule has 0 aliphatic heterocycles. The molecule has 4 heteroatoms. The molecule has 0 saturated carbocycles. The summed E-state index contributed by atoms with van der Waals surface area (Å²) in [6, 6.07) is 2.04. The summed E-state index contributed by atoms with van der Waals surface area (Å²) in [6.45, 7) is 7.61. The van der Waals surface area contributed by atoms with Crippen LogP contribution >= 0.6 is 0 Å². The minimum Gasteiger partial charge on any atom is -0.328 e. The normalized spacial score (nSPS) is 13.3. The van der Waals surface area contributed by atoms with E-state index in [0.29, 0.717) is 6.54 Å². The molecule has 0 aromatic heterocycles. The number of nitrogens with two attached hydrogens (primary N) is 1. The van der Waals surface area contributed by atoms with Crippen LogP contribution in [0.25, 0.3) is 0 Å². The van der Waals surface area contributed by atoms with Gasteiger partial charge in [0.1, 0.15) is 0 Å². The van der Waals surface area contributed by atoms with Gasteiger partial charge in [0.15, 0.2) is 5.54 Å². The van der Waals surface area contributed by atoms with E-state index < -0.39 is 5.54 Å². The van der Waals surface area contributed by atoms with Gasteiger partial charge in [-0.05, 0) is 27.7 Å². The Morgan fingerprint density at radius 2 is 1.75 bits per heavy atom. The van der Waals surface area contributed by atoms with E-state index in [4.69, 9.17) is 11.0 Å². The lowest BCUT2D eigenvalue weighted by molar-refractivity contribution is 0.468. The molecule has 68 valence electrons. The summed E-state index contributed by atoms with van der Waals surface area (Å²) in [7, 11) is 0. The van der Waals surface area contributed by atoms with Crippen molar-refractivity contribution in [2.24, 2.45) is 16.0 Å². The standard InChI is InChI=1S/C8H16N4/c1-7(2,5-9)11-12-8(3,4)6-10/h5,9H2,1-4H3. The third kappa shape index (κ3) is 4.04. The molecule has 0 amide bonds. The van der Waals surface area contributed by atoms with Crippen molar-refractivity contribution in [1.29, 1.82) is 5.26 Å². The van der Waals surface area contributed by atoms with Crippen LogP contribution in [0.3, 0.4) is 0 Å². The van der Waals surface area contributed by atoms with E-state index in [2.05, 4.69) is 10.2 Å². The molecule has 0 aliphatic rings. The van der Waals surface area contributed by atoms with Gasteiger partial charge in [-0.15, -0.1) is 0 Å². The Morgan fingerprint density at radius 3 is 2.08 bits per heavy atom. The van der Waals surface area contributed by atoms with E-state index in [1.165, 1.54) is 0 Å². The van der Waals surface area contributed by atoms with Crippen molar-refractivity contribution in [1.82, 2.24) is 0 Å². The molecule has 0 aromatic carbocycles. The van der Waals surface area contributed by atoms with Crippen LogP contribution in [0.4, 0.5) is 0 Å².